The third-order valence-corrected chi connectivity index (χ3v) is 3.16. The van der Waals surface area contributed by atoms with E-state index in [4.69, 9.17) is 4.74 Å². The molecule has 0 radical (unpaired) electrons. The molecule has 2 aromatic rings. The van der Waals surface area contributed by atoms with E-state index < -0.39 is 10.9 Å². The highest BCUT2D eigenvalue weighted by molar-refractivity contribution is 6.05. The maximum atomic E-state index is 11.8. The minimum absolute atomic E-state index is 0.0120. The Morgan fingerprint density at radius 1 is 1.04 bits per heavy atom. The van der Waals surface area contributed by atoms with E-state index >= 15 is 0 Å². The van der Waals surface area contributed by atoms with E-state index in [1.54, 1.807) is 54.6 Å². The van der Waals surface area contributed by atoms with Crippen molar-refractivity contribution in [2.24, 2.45) is 0 Å². The summed E-state index contributed by atoms with van der Waals surface area (Å²) in [4.78, 5) is 33.5. The van der Waals surface area contributed by atoms with Gasteiger partial charge in [-0.25, -0.2) is 0 Å². The molecule has 0 aliphatic carbocycles. The maximum Gasteiger partial charge on any atom is 0.314 e. The fourth-order valence-electron chi connectivity index (χ4n) is 1.94. The molecule has 0 atom stereocenters. The number of nitrogens with zero attached hydrogens (tertiary/aromatic N) is 1. The first-order valence-corrected chi connectivity index (χ1v) is 7.21. The molecule has 2 rings (SSSR count). The maximum absolute atomic E-state index is 11.8. The van der Waals surface area contributed by atoms with Crippen LogP contribution in [0.3, 0.4) is 0 Å². The van der Waals surface area contributed by atoms with Gasteiger partial charge in [-0.3, -0.25) is 19.7 Å². The van der Waals surface area contributed by atoms with Crippen molar-refractivity contribution in [3.8, 4) is 0 Å². The Hall–Kier alpha value is -3.28. The number of nitro groups is 1. The van der Waals surface area contributed by atoms with E-state index in [-0.39, 0.29) is 24.5 Å². The summed E-state index contributed by atoms with van der Waals surface area (Å²) in [5, 5.41) is 10.5. The average molecular weight is 325 g/mol. The van der Waals surface area contributed by atoms with Crippen molar-refractivity contribution in [3.63, 3.8) is 0 Å². The van der Waals surface area contributed by atoms with Crippen molar-refractivity contribution >= 4 is 23.5 Å². The number of hydrogen-bond donors (Lipinski definition) is 0. The molecular weight excluding hydrogens is 310 g/mol. The number of Topliss-reactive ketones (excluding diaryl/α,β-unsaturated/α-hetero) is 1. The van der Waals surface area contributed by atoms with Crippen LogP contribution in [0.25, 0.3) is 6.08 Å². The number of carbonyl (C=O) groups excluding carboxylic acids is 2. The first-order chi connectivity index (χ1) is 11.6. The van der Waals surface area contributed by atoms with Crippen LogP contribution in [0.4, 0.5) is 5.69 Å². The van der Waals surface area contributed by atoms with Crippen LogP contribution in [0, 0.1) is 10.1 Å². The van der Waals surface area contributed by atoms with Gasteiger partial charge in [0.05, 0.1) is 4.92 Å². The van der Waals surface area contributed by atoms with Crippen LogP contribution in [-0.2, 0) is 9.53 Å². The average Bonchev–Trinajstić information content (AvgIpc) is 2.60. The van der Waals surface area contributed by atoms with E-state index in [0.29, 0.717) is 5.56 Å². The molecule has 24 heavy (non-hydrogen) atoms. The first-order valence-electron chi connectivity index (χ1n) is 7.21. The minimum Gasteiger partial charge on any atom is -0.461 e. The van der Waals surface area contributed by atoms with Gasteiger partial charge in [-0.15, -0.1) is 0 Å². The Kier molecular flexibility index (Phi) is 5.96. The van der Waals surface area contributed by atoms with Crippen LogP contribution in [0.2, 0.25) is 0 Å². The summed E-state index contributed by atoms with van der Waals surface area (Å²) in [7, 11) is 0. The summed E-state index contributed by atoms with van der Waals surface area (Å²) in [5.74, 6) is -0.892. The Balaban J connectivity index is 1.78. The molecule has 0 aliphatic rings. The van der Waals surface area contributed by atoms with Gasteiger partial charge in [0.15, 0.2) is 5.78 Å². The van der Waals surface area contributed by atoms with Crippen molar-refractivity contribution < 1.29 is 19.2 Å². The fraction of sp³-hybridized carbons (Fsp3) is 0.111. The second kappa shape index (κ2) is 8.38. The molecular formula is C18H15NO5. The van der Waals surface area contributed by atoms with Gasteiger partial charge in [0.2, 0.25) is 0 Å². The highest BCUT2D eigenvalue weighted by atomic mass is 16.6. The van der Waals surface area contributed by atoms with Crippen LogP contribution in [-0.4, -0.2) is 23.3 Å². The van der Waals surface area contributed by atoms with Crippen LogP contribution in [0.15, 0.2) is 60.7 Å². The van der Waals surface area contributed by atoms with E-state index in [9.17, 15) is 19.7 Å². The molecule has 0 amide bonds. The Morgan fingerprint density at radius 2 is 1.71 bits per heavy atom. The van der Waals surface area contributed by atoms with Gasteiger partial charge in [-0.1, -0.05) is 36.4 Å². The second-order valence-corrected chi connectivity index (χ2v) is 4.90. The zero-order valence-corrected chi connectivity index (χ0v) is 12.8. The predicted octanol–water partition coefficient (Wildman–Crippen LogP) is 3.42. The first kappa shape index (κ1) is 17.1. The highest BCUT2D eigenvalue weighted by Gasteiger charge is 2.11. The lowest BCUT2D eigenvalue weighted by Gasteiger charge is -2.02. The molecule has 6 heteroatoms. The summed E-state index contributed by atoms with van der Waals surface area (Å²) < 4.78 is 4.96. The lowest BCUT2D eigenvalue weighted by molar-refractivity contribution is -0.384. The summed E-state index contributed by atoms with van der Waals surface area (Å²) in [6.45, 7) is 0.0257. The molecule has 6 nitrogen and oxygen atoms in total. The molecule has 2 aromatic carbocycles. The number of ketones is 1. The van der Waals surface area contributed by atoms with Crippen LogP contribution < -0.4 is 0 Å². The molecule has 0 aromatic heterocycles. The van der Waals surface area contributed by atoms with E-state index in [0.717, 1.165) is 5.56 Å². The molecule has 0 spiro atoms. The number of rotatable bonds is 7. The largest absolute Gasteiger partial charge is 0.461 e. The number of hydrogen-bond acceptors (Lipinski definition) is 5. The molecule has 0 bridgehead atoms. The molecule has 0 saturated heterocycles. The van der Waals surface area contributed by atoms with Gasteiger partial charge in [-0.2, -0.15) is 0 Å². The summed E-state index contributed by atoms with van der Waals surface area (Å²) in [5.41, 5.74) is 1.23. The third-order valence-electron chi connectivity index (χ3n) is 3.16. The summed E-state index contributed by atoms with van der Waals surface area (Å²) >= 11 is 0. The van der Waals surface area contributed by atoms with Crippen molar-refractivity contribution in [1.29, 1.82) is 0 Å². The van der Waals surface area contributed by atoms with Crippen molar-refractivity contribution in [3.05, 3.63) is 81.9 Å². The molecule has 0 N–H and O–H groups in total. The zero-order chi connectivity index (χ0) is 17.4. The highest BCUT2D eigenvalue weighted by Crippen LogP contribution is 2.12. The quantitative estimate of drug-likeness (QED) is 0.256. The van der Waals surface area contributed by atoms with Gasteiger partial charge in [0.1, 0.15) is 13.0 Å². The number of carbonyl (C=O) groups is 2. The lowest BCUT2D eigenvalue weighted by Crippen LogP contribution is -2.11. The van der Waals surface area contributed by atoms with Crippen molar-refractivity contribution in [2.45, 2.75) is 6.42 Å². The van der Waals surface area contributed by atoms with Crippen LogP contribution in [0.1, 0.15) is 22.3 Å². The van der Waals surface area contributed by atoms with E-state index in [1.807, 2.05) is 0 Å². The predicted molar refractivity (Wildman–Crippen MR) is 88.5 cm³/mol. The topological polar surface area (TPSA) is 86.5 Å². The molecule has 0 fully saturated rings. The SMILES string of the molecule is O=C(CC(=O)c1ccccc1)OC/C=C/c1ccc([N+](=O)[O-])cc1. The number of benzene rings is 2. The summed E-state index contributed by atoms with van der Waals surface area (Å²) in [6, 6.07) is 14.5. The van der Waals surface area contributed by atoms with Gasteiger partial charge in [-0.05, 0) is 23.8 Å². The number of non-ortho nitro benzene ring substituents is 1. The summed E-state index contributed by atoms with van der Waals surface area (Å²) in [6.07, 6.45) is 2.97. The molecule has 0 unspecified atom stereocenters. The molecule has 0 saturated carbocycles. The third kappa shape index (κ3) is 5.17. The Bertz CT molecular complexity index is 751. The van der Waals surface area contributed by atoms with Crippen molar-refractivity contribution in [2.75, 3.05) is 6.61 Å². The monoisotopic (exact) mass is 325 g/mol. The van der Waals surface area contributed by atoms with E-state index in [2.05, 4.69) is 0 Å². The molecule has 0 heterocycles. The normalized spacial score (nSPS) is 10.5. The van der Waals surface area contributed by atoms with Crippen molar-refractivity contribution in [1.82, 2.24) is 0 Å². The Morgan fingerprint density at radius 3 is 2.33 bits per heavy atom. The number of ether oxygens (including phenoxy) is 1. The fourth-order valence-corrected chi connectivity index (χ4v) is 1.94. The van der Waals surface area contributed by atoms with Gasteiger partial charge in [0.25, 0.3) is 5.69 Å². The number of esters is 1. The number of nitro benzene ring substituents is 1. The van der Waals surface area contributed by atoms with Gasteiger partial charge >= 0.3 is 5.97 Å². The van der Waals surface area contributed by atoms with Gasteiger partial charge < -0.3 is 4.74 Å². The van der Waals surface area contributed by atoms with E-state index in [1.165, 1.54) is 12.1 Å². The molecule has 0 aliphatic heterocycles. The standard InChI is InChI=1S/C18H15NO5/c20-17(15-6-2-1-3-7-15)13-18(21)24-12-4-5-14-8-10-16(11-9-14)19(22)23/h1-11H,12-13H2/b5-4+. The Labute approximate surface area is 138 Å². The zero-order valence-electron chi connectivity index (χ0n) is 12.8. The van der Waals surface area contributed by atoms with Crippen LogP contribution in [0.5, 0.6) is 0 Å². The smallest absolute Gasteiger partial charge is 0.314 e. The molecule has 122 valence electrons. The van der Waals surface area contributed by atoms with Crippen LogP contribution >= 0.6 is 0 Å². The second-order valence-electron chi connectivity index (χ2n) is 4.90. The lowest BCUT2D eigenvalue weighted by atomic mass is 10.1. The van der Waals surface area contributed by atoms with Gasteiger partial charge in [0, 0.05) is 17.7 Å². The minimum atomic E-state index is -0.600.